The Morgan fingerprint density at radius 3 is 2.28 bits per heavy atom. The summed E-state index contributed by atoms with van der Waals surface area (Å²) >= 11 is 0. The molecule has 0 aromatic heterocycles. The summed E-state index contributed by atoms with van der Waals surface area (Å²) in [6, 6.07) is 12.8. The molecule has 0 heterocycles. The molecule has 2 aromatic carbocycles. The molecule has 0 aliphatic heterocycles. The highest BCUT2D eigenvalue weighted by Gasteiger charge is 2.14. The van der Waals surface area contributed by atoms with Gasteiger partial charge in [0.25, 0.3) is 5.91 Å². The fourth-order valence-electron chi connectivity index (χ4n) is 2.47. The van der Waals surface area contributed by atoms with E-state index >= 15 is 0 Å². The quantitative estimate of drug-likeness (QED) is 0.787. The van der Waals surface area contributed by atoms with E-state index in [0.29, 0.717) is 30.3 Å². The third-order valence-corrected chi connectivity index (χ3v) is 3.76. The molecule has 0 spiro atoms. The molecule has 2 aromatic rings. The Labute approximate surface area is 148 Å². The molecule has 0 saturated carbocycles. The van der Waals surface area contributed by atoms with E-state index < -0.39 is 0 Å². The lowest BCUT2D eigenvalue weighted by Crippen LogP contribution is -2.26. The Balaban J connectivity index is 2.08. The smallest absolute Gasteiger partial charge is 0.251 e. The average molecular weight is 343 g/mol. The number of hydrogen-bond acceptors (Lipinski definition) is 4. The highest BCUT2D eigenvalue weighted by molar-refractivity contribution is 5.95. The molecule has 5 heteroatoms. The van der Waals surface area contributed by atoms with Crippen molar-refractivity contribution in [2.24, 2.45) is 0 Å². The molecule has 1 atom stereocenters. The first-order valence-corrected chi connectivity index (χ1v) is 8.43. The summed E-state index contributed by atoms with van der Waals surface area (Å²) in [6.45, 7) is 6.91. The summed E-state index contributed by atoms with van der Waals surface area (Å²) in [4.78, 5) is 12.5. The maximum absolute atomic E-state index is 12.5. The van der Waals surface area contributed by atoms with Gasteiger partial charge in [-0.15, -0.1) is 0 Å². The van der Waals surface area contributed by atoms with Gasteiger partial charge in [0.2, 0.25) is 0 Å². The van der Waals surface area contributed by atoms with E-state index in [1.807, 2.05) is 45.0 Å². The van der Waals surface area contributed by atoms with Gasteiger partial charge < -0.3 is 19.5 Å². The van der Waals surface area contributed by atoms with Gasteiger partial charge in [0, 0.05) is 5.56 Å². The molecule has 0 fully saturated rings. The fourth-order valence-corrected chi connectivity index (χ4v) is 2.47. The molecule has 134 valence electrons. The molecular weight excluding hydrogens is 318 g/mol. The monoisotopic (exact) mass is 343 g/mol. The normalized spacial score (nSPS) is 11.5. The second kappa shape index (κ2) is 8.97. The molecule has 0 aliphatic carbocycles. The van der Waals surface area contributed by atoms with Crippen LogP contribution in [0.15, 0.2) is 42.5 Å². The van der Waals surface area contributed by atoms with Crippen LogP contribution in [0.2, 0.25) is 0 Å². The molecule has 1 amide bonds. The van der Waals surface area contributed by atoms with Crippen molar-refractivity contribution in [1.29, 1.82) is 0 Å². The van der Waals surface area contributed by atoms with Crippen LogP contribution in [0.5, 0.6) is 17.2 Å². The summed E-state index contributed by atoms with van der Waals surface area (Å²) < 4.78 is 16.2. The number of nitrogens with one attached hydrogen (secondary N) is 1. The van der Waals surface area contributed by atoms with Crippen LogP contribution >= 0.6 is 0 Å². The fraction of sp³-hybridized carbons (Fsp3) is 0.350. The lowest BCUT2D eigenvalue weighted by Gasteiger charge is -2.16. The molecule has 0 bridgehead atoms. The van der Waals surface area contributed by atoms with Crippen LogP contribution in [-0.2, 0) is 0 Å². The summed E-state index contributed by atoms with van der Waals surface area (Å²) in [5, 5.41) is 2.99. The Kier molecular flexibility index (Phi) is 6.69. The standard InChI is InChI=1S/C20H25NO4/c1-5-24-17-10-7-15(8-11-17)14(3)21-20(22)16-9-12-18(23-4)19(13-16)25-6-2/h7-14H,5-6H2,1-4H3,(H,21,22). The van der Waals surface area contributed by atoms with E-state index in [9.17, 15) is 4.79 Å². The number of hydrogen-bond donors (Lipinski definition) is 1. The van der Waals surface area contributed by atoms with Crippen molar-refractivity contribution in [3.63, 3.8) is 0 Å². The summed E-state index contributed by atoms with van der Waals surface area (Å²) in [5.74, 6) is 1.83. The minimum absolute atomic E-state index is 0.124. The summed E-state index contributed by atoms with van der Waals surface area (Å²) in [7, 11) is 1.57. The first-order chi connectivity index (χ1) is 12.1. The van der Waals surface area contributed by atoms with E-state index in [4.69, 9.17) is 14.2 Å². The van der Waals surface area contributed by atoms with Crippen LogP contribution in [0.25, 0.3) is 0 Å². The number of carbonyl (C=O) groups is 1. The molecular formula is C20H25NO4. The van der Waals surface area contributed by atoms with Gasteiger partial charge in [-0.2, -0.15) is 0 Å². The number of benzene rings is 2. The zero-order chi connectivity index (χ0) is 18.2. The molecule has 5 nitrogen and oxygen atoms in total. The van der Waals surface area contributed by atoms with Gasteiger partial charge in [-0.25, -0.2) is 0 Å². The van der Waals surface area contributed by atoms with Crippen LogP contribution in [-0.4, -0.2) is 26.2 Å². The van der Waals surface area contributed by atoms with Crippen molar-refractivity contribution in [1.82, 2.24) is 5.32 Å². The van der Waals surface area contributed by atoms with Gasteiger partial charge in [0.05, 0.1) is 26.4 Å². The van der Waals surface area contributed by atoms with Crippen LogP contribution in [0, 0.1) is 0 Å². The topological polar surface area (TPSA) is 56.8 Å². The minimum Gasteiger partial charge on any atom is -0.494 e. The molecule has 0 aliphatic rings. The van der Waals surface area contributed by atoms with Crippen molar-refractivity contribution in [2.45, 2.75) is 26.8 Å². The van der Waals surface area contributed by atoms with Gasteiger partial charge >= 0.3 is 0 Å². The number of methoxy groups -OCH3 is 1. The lowest BCUT2D eigenvalue weighted by atomic mass is 10.1. The first kappa shape index (κ1) is 18.6. The summed E-state index contributed by atoms with van der Waals surface area (Å²) in [5.41, 5.74) is 1.54. The van der Waals surface area contributed by atoms with Crippen LogP contribution in [0.3, 0.4) is 0 Å². The second-order valence-electron chi connectivity index (χ2n) is 5.50. The predicted molar refractivity (Wildman–Crippen MR) is 97.7 cm³/mol. The zero-order valence-electron chi connectivity index (χ0n) is 15.2. The first-order valence-electron chi connectivity index (χ1n) is 8.43. The number of amides is 1. The number of ether oxygens (including phenoxy) is 3. The van der Waals surface area contributed by atoms with Gasteiger partial charge in [-0.3, -0.25) is 4.79 Å². The van der Waals surface area contributed by atoms with Gasteiger partial charge in [0.1, 0.15) is 5.75 Å². The third-order valence-electron chi connectivity index (χ3n) is 3.76. The summed E-state index contributed by atoms with van der Waals surface area (Å²) in [6.07, 6.45) is 0. The van der Waals surface area contributed by atoms with E-state index in [1.165, 1.54) is 0 Å². The molecule has 2 rings (SSSR count). The maximum Gasteiger partial charge on any atom is 0.251 e. The van der Waals surface area contributed by atoms with E-state index in [1.54, 1.807) is 25.3 Å². The SMILES string of the molecule is CCOc1ccc(C(C)NC(=O)c2ccc(OC)c(OCC)c2)cc1. The Hall–Kier alpha value is -2.69. The number of rotatable bonds is 8. The van der Waals surface area contributed by atoms with Crippen LogP contribution in [0.1, 0.15) is 42.7 Å². The highest BCUT2D eigenvalue weighted by Crippen LogP contribution is 2.28. The third kappa shape index (κ3) is 4.89. The van der Waals surface area contributed by atoms with Crippen LogP contribution in [0.4, 0.5) is 0 Å². The maximum atomic E-state index is 12.5. The molecule has 0 saturated heterocycles. The Morgan fingerprint density at radius 1 is 1.00 bits per heavy atom. The van der Waals surface area contributed by atoms with Crippen molar-refractivity contribution in [3.05, 3.63) is 53.6 Å². The van der Waals surface area contributed by atoms with E-state index in [-0.39, 0.29) is 11.9 Å². The molecule has 0 radical (unpaired) electrons. The highest BCUT2D eigenvalue weighted by atomic mass is 16.5. The Morgan fingerprint density at radius 2 is 1.68 bits per heavy atom. The molecule has 1 N–H and O–H groups in total. The van der Waals surface area contributed by atoms with E-state index in [0.717, 1.165) is 11.3 Å². The van der Waals surface area contributed by atoms with Crippen molar-refractivity contribution < 1.29 is 19.0 Å². The lowest BCUT2D eigenvalue weighted by molar-refractivity contribution is 0.0939. The second-order valence-corrected chi connectivity index (χ2v) is 5.50. The van der Waals surface area contributed by atoms with E-state index in [2.05, 4.69) is 5.32 Å². The Bertz CT molecular complexity index is 697. The van der Waals surface area contributed by atoms with Gasteiger partial charge in [0.15, 0.2) is 11.5 Å². The van der Waals surface area contributed by atoms with Gasteiger partial charge in [-0.1, -0.05) is 12.1 Å². The average Bonchev–Trinajstić information content (AvgIpc) is 2.62. The minimum atomic E-state index is -0.162. The van der Waals surface area contributed by atoms with Crippen molar-refractivity contribution >= 4 is 5.91 Å². The number of carbonyl (C=O) groups excluding carboxylic acids is 1. The molecule has 25 heavy (non-hydrogen) atoms. The van der Waals surface area contributed by atoms with Crippen molar-refractivity contribution in [2.75, 3.05) is 20.3 Å². The largest absolute Gasteiger partial charge is 0.494 e. The van der Waals surface area contributed by atoms with Gasteiger partial charge in [-0.05, 0) is 56.7 Å². The van der Waals surface area contributed by atoms with Crippen molar-refractivity contribution in [3.8, 4) is 17.2 Å². The van der Waals surface area contributed by atoms with Crippen LogP contribution < -0.4 is 19.5 Å². The predicted octanol–water partition coefficient (Wildman–Crippen LogP) is 3.98. The zero-order valence-corrected chi connectivity index (χ0v) is 15.2. The molecule has 1 unspecified atom stereocenters.